The van der Waals surface area contributed by atoms with Gasteiger partial charge in [-0.1, -0.05) is 11.6 Å². The van der Waals surface area contributed by atoms with E-state index in [1.807, 2.05) is 0 Å². The molecule has 2 N–H and O–H groups in total. The molecule has 1 aromatic heterocycles. The lowest BCUT2D eigenvalue weighted by molar-refractivity contribution is -0.143. The highest BCUT2D eigenvalue weighted by Crippen LogP contribution is 2.26. The van der Waals surface area contributed by atoms with Gasteiger partial charge in [0.1, 0.15) is 5.82 Å². The van der Waals surface area contributed by atoms with Gasteiger partial charge in [-0.3, -0.25) is 4.79 Å². The summed E-state index contributed by atoms with van der Waals surface area (Å²) in [5.41, 5.74) is 0. The highest BCUT2D eigenvalue weighted by atomic mass is 35.5. The first-order chi connectivity index (χ1) is 11.5. The maximum atomic E-state index is 12.4. The highest BCUT2D eigenvalue weighted by molar-refractivity contribution is 6.32. The molecule has 2 fully saturated rings. The van der Waals surface area contributed by atoms with E-state index in [-0.39, 0.29) is 18.6 Å². The van der Waals surface area contributed by atoms with Gasteiger partial charge in [0.2, 0.25) is 0 Å². The van der Waals surface area contributed by atoms with Crippen LogP contribution < -0.4 is 10.2 Å². The third-order valence-corrected chi connectivity index (χ3v) is 4.91. The molecule has 130 valence electrons. The van der Waals surface area contributed by atoms with Crippen LogP contribution in [-0.4, -0.2) is 59.2 Å². The summed E-state index contributed by atoms with van der Waals surface area (Å²) in [6.45, 7) is 2.32. The molecule has 0 aromatic carbocycles. The van der Waals surface area contributed by atoms with Crippen LogP contribution in [0, 0.1) is 5.92 Å². The van der Waals surface area contributed by atoms with Crippen molar-refractivity contribution in [2.75, 3.05) is 31.1 Å². The summed E-state index contributed by atoms with van der Waals surface area (Å²) in [7, 11) is 0. The first-order valence-electron chi connectivity index (χ1n) is 8.18. The number of aliphatic carboxylic acids is 1. The summed E-state index contributed by atoms with van der Waals surface area (Å²) in [4.78, 5) is 31.5. The second-order valence-electron chi connectivity index (χ2n) is 6.31. The van der Waals surface area contributed by atoms with Crippen LogP contribution in [0.15, 0.2) is 18.3 Å². The molecular weight excluding hydrogens is 332 g/mol. The summed E-state index contributed by atoms with van der Waals surface area (Å²) in [6, 6.07) is 3.42. The molecule has 3 rings (SSSR count). The van der Waals surface area contributed by atoms with Gasteiger partial charge in [-0.05, 0) is 31.4 Å². The lowest BCUT2D eigenvalue weighted by atomic mass is 9.99. The Hall–Kier alpha value is -2.02. The van der Waals surface area contributed by atoms with Gasteiger partial charge < -0.3 is 20.2 Å². The molecule has 1 aromatic rings. The van der Waals surface area contributed by atoms with Crippen LogP contribution in [0.25, 0.3) is 0 Å². The van der Waals surface area contributed by atoms with E-state index in [2.05, 4.69) is 15.2 Å². The number of hydrogen-bond donors (Lipinski definition) is 2. The molecule has 0 aliphatic carbocycles. The van der Waals surface area contributed by atoms with Gasteiger partial charge in [0.15, 0.2) is 0 Å². The second kappa shape index (κ2) is 7.25. The van der Waals surface area contributed by atoms with Gasteiger partial charge in [0, 0.05) is 38.4 Å². The Labute approximate surface area is 145 Å². The zero-order valence-electron chi connectivity index (χ0n) is 13.3. The van der Waals surface area contributed by atoms with Crippen molar-refractivity contribution in [3.8, 4) is 0 Å². The molecule has 0 bridgehead atoms. The highest BCUT2D eigenvalue weighted by Gasteiger charge is 2.31. The van der Waals surface area contributed by atoms with Crippen LogP contribution in [0.5, 0.6) is 0 Å². The molecule has 2 unspecified atom stereocenters. The number of carboxylic acids is 1. The number of halogens is 1. The van der Waals surface area contributed by atoms with Crippen LogP contribution in [0.4, 0.5) is 10.6 Å². The number of amides is 2. The van der Waals surface area contributed by atoms with Crippen LogP contribution >= 0.6 is 11.6 Å². The molecule has 2 saturated heterocycles. The minimum Gasteiger partial charge on any atom is -0.481 e. The van der Waals surface area contributed by atoms with Crippen molar-refractivity contribution in [3.63, 3.8) is 0 Å². The minimum absolute atomic E-state index is 0.0146. The van der Waals surface area contributed by atoms with Gasteiger partial charge in [0.05, 0.1) is 10.9 Å². The maximum Gasteiger partial charge on any atom is 0.317 e. The van der Waals surface area contributed by atoms with E-state index in [0.29, 0.717) is 24.5 Å². The zero-order valence-corrected chi connectivity index (χ0v) is 14.1. The lowest BCUT2D eigenvalue weighted by Gasteiger charge is -2.31. The quantitative estimate of drug-likeness (QED) is 0.866. The lowest BCUT2D eigenvalue weighted by Crippen LogP contribution is -2.50. The number of nitrogens with zero attached hydrogens (tertiary/aromatic N) is 3. The molecule has 2 aliphatic heterocycles. The molecule has 0 radical (unpaired) electrons. The predicted molar refractivity (Wildman–Crippen MR) is 90.3 cm³/mol. The number of piperidine rings is 1. The molecule has 0 saturated carbocycles. The number of urea groups is 1. The molecule has 0 spiro atoms. The van der Waals surface area contributed by atoms with Crippen LogP contribution in [-0.2, 0) is 4.79 Å². The molecule has 2 aliphatic rings. The van der Waals surface area contributed by atoms with E-state index in [1.54, 1.807) is 23.2 Å². The van der Waals surface area contributed by atoms with E-state index < -0.39 is 11.9 Å². The summed E-state index contributed by atoms with van der Waals surface area (Å²) in [6.07, 6.45) is 3.88. The van der Waals surface area contributed by atoms with Crippen molar-refractivity contribution in [1.29, 1.82) is 0 Å². The number of likely N-dealkylation sites (tertiary alicyclic amines) is 1. The molecule has 7 nitrogen and oxygen atoms in total. The third kappa shape index (κ3) is 3.72. The molecule has 2 atom stereocenters. The molecular formula is C16H21ClN4O3. The van der Waals surface area contributed by atoms with E-state index in [9.17, 15) is 9.59 Å². The smallest absolute Gasteiger partial charge is 0.317 e. The second-order valence-corrected chi connectivity index (χ2v) is 6.72. The number of anilines is 1. The summed E-state index contributed by atoms with van der Waals surface area (Å²) in [5.74, 6) is -0.555. The van der Waals surface area contributed by atoms with E-state index in [0.717, 1.165) is 25.2 Å². The van der Waals surface area contributed by atoms with Crippen LogP contribution in [0.2, 0.25) is 5.02 Å². The number of aromatic nitrogens is 1. The van der Waals surface area contributed by atoms with Gasteiger partial charge in [-0.25, -0.2) is 9.78 Å². The Balaban J connectivity index is 1.54. The van der Waals surface area contributed by atoms with Crippen molar-refractivity contribution < 1.29 is 14.7 Å². The third-order valence-electron chi connectivity index (χ3n) is 4.61. The summed E-state index contributed by atoms with van der Waals surface area (Å²) < 4.78 is 0. The number of carbonyl (C=O) groups excluding carboxylic acids is 1. The fourth-order valence-corrected chi connectivity index (χ4v) is 3.55. The topological polar surface area (TPSA) is 85.8 Å². The fraction of sp³-hybridized carbons (Fsp3) is 0.562. The number of carboxylic acid groups (broad SMARTS) is 1. The van der Waals surface area contributed by atoms with Crippen molar-refractivity contribution in [2.24, 2.45) is 5.92 Å². The average Bonchev–Trinajstić information content (AvgIpc) is 3.03. The predicted octanol–water partition coefficient (Wildman–Crippen LogP) is 1.82. The van der Waals surface area contributed by atoms with Gasteiger partial charge in [-0.2, -0.15) is 0 Å². The van der Waals surface area contributed by atoms with E-state index in [1.165, 1.54) is 0 Å². The number of hydrogen-bond acceptors (Lipinski definition) is 4. The standard InChI is InChI=1S/C16H21ClN4O3/c17-13-4-1-6-18-14(13)20-8-5-12(10-20)19-16(24)21-7-2-3-11(9-21)15(22)23/h1,4,6,11-12H,2-3,5,7-10H2,(H,19,24)(H,22,23). The number of rotatable bonds is 3. The maximum absolute atomic E-state index is 12.4. The van der Waals surface area contributed by atoms with Gasteiger partial charge >= 0.3 is 12.0 Å². The largest absolute Gasteiger partial charge is 0.481 e. The minimum atomic E-state index is -0.829. The van der Waals surface area contributed by atoms with Crippen molar-refractivity contribution in [2.45, 2.75) is 25.3 Å². The Morgan fingerprint density at radius 3 is 2.88 bits per heavy atom. The van der Waals surface area contributed by atoms with Crippen molar-refractivity contribution in [1.82, 2.24) is 15.2 Å². The van der Waals surface area contributed by atoms with Gasteiger partial charge in [-0.15, -0.1) is 0 Å². The average molecular weight is 353 g/mol. The SMILES string of the molecule is O=C(O)C1CCCN(C(=O)NC2CCN(c3ncccc3Cl)C2)C1. The zero-order chi connectivity index (χ0) is 17.1. The normalized spacial score (nSPS) is 24.0. The van der Waals surface area contributed by atoms with Crippen LogP contribution in [0.3, 0.4) is 0 Å². The van der Waals surface area contributed by atoms with E-state index >= 15 is 0 Å². The van der Waals surface area contributed by atoms with Crippen LogP contribution in [0.1, 0.15) is 19.3 Å². The Morgan fingerprint density at radius 2 is 2.12 bits per heavy atom. The number of pyridine rings is 1. The first-order valence-corrected chi connectivity index (χ1v) is 8.56. The van der Waals surface area contributed by atoms with Crippen molar-refractivity contribution in [3.05, 3.63) is 23.4 Å². The monoisotopic (exact) mass is 352 g/mol. The van der Waals surface area contributed by atoms with Crippen molar-refractivity contribution >= 4 is 29.4 Å². The van der Waals surface area contributed by atoms with E-state index in [4.69, 9.17) is 16.7 Å². The molecule has 24 heavy (non-hydrogen) atoms. The number of carbonyl (C=O) groups is 2. The molecule has 2 amide bonds. The number of nitrogens with one attached hydrogen (secondary N) is 1. The Kier molecular flexibility index (Phi) is 5.08. The fourth-order valence-electron chi connectivity index (χ4n) is 3.31. The summed E-state index contributed by atoms with van der Waals surface area (Å²) >= 11 is 6.17. The Bertz CT molecular complexity index is 627. The summed E-state index contributed by atoms with van der Waals surface area (Å²) in [5, 5.41) is 12.7. The van der Waals surface area contributed by atoms with Gasteiger partial charge in [0.25, 0.3) is 0 Å². The first kappa shape index (κ1) is 16.8. The molecule has 3 heterocycles. The molecule has 8 heteroatoms. The Morgan fingerprint density at radius 1 is 1.29 bits per heavy atom.